The highest BCUT2D eigenvalue weighted by Crippen LogP contribution is 2.24. The van der Waals surface area contributed by atoms with E-state index in [1.165, 1.54) is 0 Å². The maximum Gasteiger partial charge on any atom is 0.250 e. The van der Waals surface area contributed by atoms with Gasteiger partial charge in [0.05, 0.1) is 11.7 Å². The molecule has 0 saturated carbocycles. The molecule has 0 saturated heterocycles. The normalized spacial score (nSPS) is 12.4. The van der Waals surface area contributed by atoms with Crippen LogP contribution in [0.5, 0.6) is 0 Å². The molecule has 1 N–H and O–H groups in total. The molecule has 0 aliphatic heterocycles. The minimum atomic E-state index is -0.0106. The lowest BCUT2D eigenvalue weighted by Gasteiger charge is -2.15. The van der Waals surface area contributed by atoms with Gasteiger partial charge in [-0.3, -0.25) is 4.79 Å². The number of hydrogen-bond acceptors (Lipinski definition) is 3. The summed E-state index contributed by atoms with van der Waals surface area (Å²) in [4.78, 5) is 11.3. The summed E-state index contributed by atoms with van der Waals surface area (Å²) in [6.07, 6.45) is 1.79. The van der Waals surface area contributed by atoms with Crippen molar-refractivity contribution in [2.45, 2.75) is 26.8 Å². The Balaban J connectivity index is 2.21. The molecule has 0 amide bonds. The van der Waals surface area contributed by atoms with Gasteiger partial charge in [0.2, 0.25) is 5.56 Å². The molecule has 0 bridgehead atoms. The fourth-order valence-electron chi connectivity index (χ4n) is 2.09. The third-order valence-corrected chi connectivity index (χ3v) is 3.01. The molecule has 2 aromatic rings. The Labute approximate surface area is 106 Å². The summed E-state index contributed by atoms with van der Waals surface area (Å²) < 4.78 is 7.08. The van der Waals surface area contributed by atoms with Gasteiger partial charge in [-0.25, -0.2) is 0 Å². The molecule has 18 heavy (non-hydrogen) atoms. The highest BCUT2D eigenvalue weighted by molar-refractivity contribution is 5.43. The summed E-state index contributed by atoms with van der Waals surface area (Å²) in [5, 5.41) is 3.36. The molecule has 2 heterocycles. The molecular formula is C14H18N2O2. The average molecular weight is 246 g/mol. The van der Waals surface area contributed by atoms with Gasteiger partial charge >= 0.3 is 0 Å². The fraction of sp³-hybridized carbons (Fsp3) is 0.357. The second kappa shape index (κ2) is 4.72. The molecule has 0 radical (unpaired) electrons. The Kier molecular flexibility index (Phi) is 3.28. The molecule has 0 fully saturated rings. The van der Waals surface area contributed by atoms with Gasteiger partial charge in [-0.15, -0.1) is 0 Å². The smallest absolute Gasteiger partial charge is 0.250 e. The molecule has 0 spiro atoms. The van der Waals surface area contributed by atoms with Crippen LogP contribution in [-0.2, 0) is 7.05 Å². The van der Waals surface area contributed by atoms with Crippen LogP contribution >= 0.6 is 0 Å². The van der Waals surface area contributed by atoms with Gasteiger partial charge in [-0.1, -0.05) is 0 Å². The molecule has 4 heteroatoms. The molecule has 2 rings (SSSR count). The van der Waals surface area contributed by atoms with Crippen molar-refractivity contribution in [1.29, 1.82) is 0 Å². The van der Waals surface area contributed by atoms with Gasteiger partial charge in [0.15, 0.2) is 0 Å². The minimum absolute atomic E-state index is 0.0106. The van der Waals surface area contributed by atoms with Crippen molar-refractivity contribution >= 4 is 5.69 Å². The standard InChI is InChI=1S/C14H18N2O2/c1-9-7-13(11(3)18-9)10(2)15-12-5-6-14(17)16(4)8-12/h5-8,10,15H,1-4H3. The van der Waals surface area contributed by atoms with Crippen molar-refractivity contribution in [3.8, 4) is 0 Å². The van der Waals surface area contributed by atoms with Crippen LogP contribution in [0.3, 0.4) is 0 Å². The quantitative estimate of drug-likeness (QED) is 0.905. The van der Waals surface area contributed by atoms with E-state index in [2.05, 4.69) is 12.2 Å². The summed E-state index contributed by atoms with van der Waals surface area (Å²) in [6.45, 7) is 5.97. The zero-order valence-corrected chi connectivity index (χ0v) is 11.2. The molecule has 1 unspecified atom stereocenters. The molecule has 4 nitrogen and oxygen atoms in total. The molecule has 0 aliphatic carbocycles. The third kappa shape index (κ3) is 2.47. The highest BCUT2D eigenvalue weighted by Gasteiger charge is 2.12. The first-order valence-corrected chi connectivity index (χ1v) is 5.97. The molecule has 2 aromatic heterocycles. The lowest BCUT2D eigenvalue weighted by atomic mass is 10.1. The van der Waals surface area contributed by atoms with Gasteiger partial charge in [-0.2, -0.15) is 0 Å². The Morgan fingerprint density at radius 3 is 2.61 bits per heavy atom. The molecule has 0 aliphatic rings. The van der Waals surface area contributed by atoms with Crippen LogP contribution in [0, 0.1) is 13.8 Å². The maximum atomic E-state index is 11.3. The van der Waals surface area contributed by atoms with E-state index in [0.29, 0.717) is 0 Å². The maximum absolute atomic E-state index is 11.3. The van der Waals surface area contributed by atoms with E-state index in [0.717, 1.165) is 22.8 Å². The second-order valence-corrected chi connectivity index (χ2v) is 4.60. The number of anilines is 1. The Hall–Kier alpha value is -1.97. The SMILES string of the molecule is Cc1cc(C(C)Nc2ccc(=O)n(C)c2)c(C)o1. The second-order valence-electron chi connectivity index (χ2n) is 4.60. The Morgan fingerprint density at radius 2 is 2.06 bits per heavy atom. The van der Waals surface area contributed by atoms with E-state index >= 15 is 0 Å². The van der Waals surface area contributed by atoms with Crippen LogP contribution in [0.15, 0.2) is 33.6 Å². The first-order valence-electron chi connectivity index (χ1n) is 5.97. The number of nitrogens with one attached hydrogen (secondary N) is 1. The zero-order valence-electron chi connectivity index (χ0n) is 11.2. The first kappa shape index (κ1) is 12.5. The minimum Gasteiger partial charge on any atom is -0.466 e. The van der Waals surface area contributed by atoms with E-state index in [-0.39, 0.29) is 11.6 Å². The molecule has 0 aromatic carbocycles. The third-order valence-electron chi connectivity index (χ3n) is 3.01. The largest absolute Gasteiger partial charge is 0.466 e. The van der Waals surface area contributed by atoms with E-state index in [1.54, 1.807) is 29.9 Å². The van der Waals surface area contributed by atoms with Crippen molar-refractivity contribution in [2.75, 3.05) is 5.32 Å². The zero-order chi connectivity index (χ0) is 13.3. The predicted octanol–water partition coefficient (Wildman–Crippen LogP) is 2.77. The van der Waals surface area contributed by atoms with Gasteiger partial charge in [0, 0.05) is 24.9 Å². The van der Waals surface area contributed by atoms with Crippen molar-refractivity contribution in [1.82, 2.24) is 4.57 Å². The topological polar surface area (TPSA) is 47.2 Å². The van der Waals surface area contributed by atoms with Gasteiger partial charge < -0.3 is 14.3 Å². The van der Waals surface area contributed by atoms with E-state index < -0.39 is 0 Å². The van der Waals surface area contributed by atoms with E-state index in [1.807, 2.05) is 19.9 Å². The molecule has 96 valence electrons. The molecule has 1 atom stereocenters. The average Bonchev–Trinajstić information content (AvgIpc) is 2.63. The number of rotatable bonds is 3. The fourth-order valence-corrected chi connectivity index (χ4v) is 2.09. The number of pyridine rings is 1. The first-order chi connectivity index (χ1) is 8.47. The van der Waals surface area contributed by atoms with Gasteiger partial charge in [-0.05, 0) is 32.9 Å². The van der Waals surface area contributed by atoms with E-state index in [4.69, 9.17) is 4.42 Å². The van der Waals surface area contributed by atoms with Crippen LogP contribution in [0.2, 0.25) is 0 Å². The highest BCUT2D eigenvalue weighted by atomic mass is 16.3. The lowest BCUT2D eigenvalue weighted by molar-refractivity contribution is 0.500. The summed E-state index contributed by atoms with van der Waals surface area (Å²) >= 11 is 0. The van der Waals surface area contributed by atoms with Crippen LogP contribution in [0.1, 0.15) is 30.0 Å². The number of aryl methyl sites for hydroxylation is 3. The lowest BCUT2D eigenvalue weighted by Crippen LogP contribution is -2.16. The van der Waals surface area contributed by atoms with Gasteiger partial charge in [0.1, 0.15) is 11.5 Å². The number of hydrogen-bond donors (Lipinski definition) is 1. The monoisotopic (exact) mass is 246 g/mol. The van der Waals surface area contributed by atoms with Crippen LogP contribution in [0.4, 0.5) is 5.69 Å². The van der Waals surface area contributed by atoms with Gasteiger partial charge in [0.25, 0.3) is 0 Å². The van der Waals surface area contributed by atoms with Crippen molar-refractivity contribution in [3.63, 3.8) is 0 Å². The van der Waals surface area contributed by atoms with E-state index in [9.17, 15) is 4.79 Å². The van der Waals surface area contributed by atoms with Crippen LogP contribution in [0.25, 0.3) is 0 Å². The van der Waals surface area contributed by atoms with Crippen molar-refractivity contribution in [3.05, 3.63) is 51.8 Å². The summed E-state index contributed by atoms with van der Waals surface area (Å²) in [6, 6.07) is 5.53. The summed E-state index contributed by atoms with van der Waals surface area (Å²) in [5.41, 5.74) is 2.05. The summed E-state index contributed by atoms with van der Waals surface area (Å²) in [5.74, 6) is 1.84. The van der Waals surface area contributed by atoms with Crippen molar-refractivity contribution in [2.24, 2.45) is 7.05 Å². The Morgan fingerprint density at radius 1 is 1.33 bits per heavy atom. The predicted molar refractivity (Wildman–Crippen MR) is 71.9 cm³/mol. The number of aromatic nitrogens is 1. The van der Waals surface area contributed by atoms with Crippen molar-refractivity contribution < 1.29 is 4.42 Å². The molecular weight excluding hydrogens is 228 g/mol. The summed E-state index contributed by atoms with van der Waals surface area (Å²) in [7, 11) is 1.74. The van der Waals surface area contributed by atoms with Crippen LogP contribution < -0.4 is 10.9 Å². The Bertz CT molecular complexity index is 610. The van der Waals surface area contributed by atoms with Crippen LogP contribution in [-0.4, -0.2) is 4.57 Å². The number of nitrogens with zero attached hydrogens (tertiary/aromatic N) is 1. The number of furan rings is 1.